The predicted octanol–water partition coefficient (Wildman–Crippen LogP) is 4.10. The number of fused-ring (bicyclic) bond motifs is 1. The fraction of sp³-hybridized carbons (Fsp3) is 0.158. The van der Waals surface area contributed by atoms with Crippen LogP contribution in [0.3, 0.4) is 0 Å². The molecule has 0 saturated heterocycles. The van der Waals surface area contributed by atoms with Gasteiger partial charge >= 0.3 is 0 Å². The van der Waals surface area contributed by atoms with Crippen molar-refractivity contribution in [3.05, 3.63) is 75.7 Å². The van der Waals surface area contributed by atoms with Crippen LogP contribution in [0.2, 0.25) is 5.02 Å². The molecule has 128 valence electrons. The molecular formula is C19H15BrClNO3. The summed E-state index contributed by atoms with van der Waals surface area (Å²) in [5.41, 5.74) is -0.681. The van der Waals surface area contributed by atoms with Crippen molar-refractivity contribution in [2.75, 3.05) is 11.4 Å². The van der Waals surface area contributed by atoms with Crippen LogP contribution in [0.5, 0.6) is 0 Å². The van der Waals surface area contributed by atoms with Crippen molar-refractivity contribution in [1.29, 1.82) is 0 Å². The summed E-state index contributed by atoms with van der Waals surface area (Å²) in [6, 6.07) is 11.8. The van der Waals surface area contributed by atoms with E-state index in [0.29, 0.717) is 20.7 Å². The lowest BCUT2D eigenvalue weighted by molar-refractivity contribution is -0.135. The summed E-state index contributed by atoms with van der Waals surface area (Å²) < 4.78 is 0.711. The van der Waals surface area contributed by atoms with Gasteiger partial charge in [-0.1, -0.05) is 45.7 Å². The van der Waals surface area contributed by atoms with Crippen LogP contribution in [0.4, 0.5) is 5.69 Å². The Kier molecular flexibility index (Phi) is 4.82. The monoisotopic (exact) mass is 419 g/mol. The molecule has 0 bridgehead atoms. The van der Waals surface area contributed by atoms with E-state index in [4.69, 9.17) is 11.6 Å². The number of aliphatic hydroxyl groups is 1. The first kappa shape index (κ1) is 17.9. The molecule has 1 heterocycles. The molecule has 1 amide bonds. The molecule has 1 aliphatic rings. The maximum Gasteiger partial charge on any atom is 0.264 e. The molecule has 6 heteroatoms. The Morgan fingerprint density at radius 2 is 2.04 bits per heavy atom. The number of nitrogens with zero attached hydrogens (tertiary/aromatic N) is 1. The second-order valence-corrected chi connectivity index (χ2v) is 7.13. The fourth-order valence-electron chi connectivity index (χ4n) is 3.02. The van der Waals surface area contributed by atoms with Crippen molar-refractivity contribution in [2.24, 2.45) is 0 Å². The molecule has 0 aliphatic carbocycles. The lowest BCUT2D eigenvalue weighted by atomic mass is 9.88. The minimum atomic E-state index is -1.93. The standard InChI is InChI=1S/C19H15BrClNO3/c1-2-9-22-16-8-7-12(20)10-14(16)19(25,18(22)24)11-17(23)13-5-3-4-6-15(13)21/h2-8,10,25H,1,9,11H2/t19-/m1/s1. The third kappa shape index (κ3) is 3.03. The van der Waals surface area contributed by atoms with Gasteiger partial charge in [-0.2, -0.15) is 0 Å². The average Bonchev–Trinajstić information content (AvgIpc) is 2.77. The Hall–Kier alpha value is -1.95. The Bertz CT molecular complexity index is 883. The summed E-state index contributed by atoms with van der Waals surface area (Å²) in [5.74, 6) is -0.936. The Balaban J connectivity index is 2.04. The van der Waals surface area contributed by atoms with Crippen molar-refractivity contribution in [1.82, 2.24) is 0 Å². The van der Waals surface area contributed by atoms with Gasteiger partial charge in [-0.3, -0.25) is 9.59 Å². The van der Waals surface area contributed by atoms with Gasteiger partial charge in [0.25, 0.3) is 5.91 Å². The number of carbonyl (C=O) groups is 2. The van der Waals surface area contributed by atoms with Crippen LogP contribution in [-0.4, -0.2) is 23.3 Å². The lowest BCUT2D eigenvalue weighted by Gasteiger charge is -2.22. The van der Waals surface area contributed by atoms with Gasteiger partial charge in [0.15, 0.2) is 11.4 Å². The molecule has 0 unspecified atom stereocenters. The summed E-state index contributed by atoms with van der Waals surface area (Å²) in [7, 11) is 0. The molecule has 3 rings (SSSR count). The number of benzene rings is 2. The smallest absolute Gasteiger partial charge is 0.264 e. The number of rotatable bonds is 5. The van der Waals surface area contributed by atoms with Gasteiger partial charge in [-0.15, -0.1) is 6.58 Å². The largest absolute Gasteiger partial charge is 0.375 e. The van der Waals surface area contributed by atoms with Crippen LogP contribution in [0.25, 0.3) is 0 Å². The number of hydrogen-bond donors (Lipinski definition) is 1. The number of ketones is 1. The van der Waals surface area contributed by atoms with Crippen molar-refractivity contribution in [3.63, 3.8) is 0 Å². The van der Waals surface area contributed by atoms with E-state index in [9.17, 15) is 14.7 Å². The van der Waals surface area contributed by atoms with Crippen molar-refractivity contribution in [3.8, 4) is 0 Å². The zero-order valence-electron chi connectivity index (χ0n) is 13.2. The van der Waals surface area contributed by atoms with Gasteiger partial charge in [-0.25, -0.2) is 0 Å². The molecule has 2 aromatic carbocycles. The maximum absolute atomic E-state index is 12.9. The van der Waals surface area contributed by atoms with Crippen LogP contribution in [0.1, 0.15) is 22.3 Å². The Morgan fingerprint density at radius 3 is 2.72 bits per heavy atom. The highest BCUT2D eigenvalue weighted by molar-refractivity contribution is 9.10. The normalized spacial score (nSPS) is 19.0. The number of hydrogen-bond acceptors (Lipinski definition) is 3. The molecule has 1 aliphatic heterocycles. The summed E-state index contributed by atoms with van der Waals surface area (Å²) >= 11 is 9.42. The highest BCUT2D eigenvalue weighted by atomic mass is 79.9. The molecule has 4 nitrogen and oxygen atoms in total. The second-order valence-electron chi connectivity index (χ2n) is 5.81. The van der Waals surface area contributed by atoms with Crippen LogP contribution in [0, 0.1) is 0 Å². The van der Waals surface area contributed by atoms with Crippen LogP contribution in [-0.2, 0) is 10.4 Å². The molecule has 1 atom stereocenters. The van der Waals surface area contributed by atoms with Crippen LogP contribution in [0.15, 0.2) is 59.6 Å². The van der Waals surface area contributed by atoms with Crippen LogP contribution < -0.4 is 4.90 Å². The zero-order valence-corrected chi connectivity index (χ0v) is 15.5. The number of halogens is 2. The van der Waals surface area contributed by atoms with Gasteiger partial charge in [-0.05, 0) is 30.3 Å². The molecule has 0 aromatic heterocycles. The van der Waals surface area contributed by atoms with E-state index >= 15 is 0 Å². The maximum atomic E-state index is 12.9. The predicted molar refractivity (Wildman–Crippen MR) is 101 cm³/mol. The third-order valence-electron chi connectivity index (χ3n) is 4.20. The molecule has 25 heavy (non-hydrogen) atoms. The number of Topliss-reactive ketones (excluding diaryl/α,β-unsaturated/α-hetero) is 1. The minimum absolute atomic E-state index is 0.246. The topological polar surface area (TPSA) is 57.6 Å². The molecule has 1 N–H and O–H groups in total. The summed E-state index contributed by atoms with van der Waals surface area (Å²) in [5, 5.41) is 11.4. The van der Waals surface area contributed by atoms with E-state index in [-0.39, 0.29) is 18.5 Å². The average molecular weight is 421 g/mol. The van der Waals surface area contributed by atoms with E-state index in [2.05, 4.69) is 22.5 Å². The van der Waals surface area contributed by atoms with Gasteiger partial charge in [0.2, 0.25) is 0 Å². The summed E-state index contributed by atoms with van der Waals surface area (Å²) in [6.07, 6.45) is 1.19. The Morgan fingerprint density at radius 1 is 1.32 bits per heavy atom. The minimum Gasteiger partial charge on any atom is -0.375 e. The van der Waals surface area contributed by atoms with Crippen molar-refractivity contribution >= 4 is 44.9 Å². The Labute approximate surface area is 158 Å². The lowest BCUT2D eigenvalue weighted by Crippen LogP contribution is -2.42. The third-order valence-corrected chi connectivity index (χ3v) is 5.02. The second kappa shape index (κ2) is 6.75. The molecule has 0 saturated carbocycles. The molecule has 0 spiro atoms. The molecule has 0 radical (unpaired) electrons. The number of amides is 1. The van der Waals surface area contributed by atoms with Gasteiger partial charge < -0.3 is 10.0 Å². The first-order chi connectivity index (χ1) is 11.9. The fourth-order valence-corrected chi connectivity index (χ4v) is 3.62. The molecule has 2 aromatic rings. The zero-order chi connectivity index (χ0) is 18.2. The van der Waals surface area contributed by atoms with Gasteiger partial charge in [0, 0.05) is 22.1 Å². The number of anilines is 1. The SMILES string of the molecule is C=CCN1C(=O)[C@@](O)(CC(=O)c2ccccc2Cl)c2cc(Br)ccc21. The molecular weight excluding hydrogens is 406 g/mol. The van der Waals surface area contributed by atoms with E-state index in [1.54, 1.807) is 48.5 Å². The molecule has 0 fully saturated rings. The highest BCUT2D eigenvalue weighted by Gasteiger charge is 2.50. The van der Waals surface area contributed by atoms with E-state index < -0.39 is 17.3 Å². The first-order valence-electron chi connectivity index (χ1n) is 7.61. The summed E-state index contributed by atoms with van der Waals surface area (Å²) in [4.78, 5) is 27.0. The first-order valence-corrected chi connectivity index (χ1v) is 8.78. The summed E-state index contributed by atoms with van der Waals surface area (Å²) in [6.45, 7) is 3.89. The van der Waals surface area contributed by atoms with Crippen LogP contribution >= 0.6 is 27.5 Å². The quantitative estimate of drug-likeness (QED) is 0.585. The number of carbonyl (C=O) groups excluding carboxylic acids is 2. The van der Waals surface area contributed by atoms with Crippen molar-refractivity contribution < 1.29 is 14.7 Å². The van der Waals surface area contributed by atoms with Crippen molar-refractivity contribution in [2.45, 2.75) is 12.0 Å². The van der Waals surface area contributed by atoms with Gasteiger partial charge in [0.05, 0.1) is 17.1 Å². The van der Waals surface area contributed by atoms with E-state index in [1.807, 2.05) is 0 Å². The van der Waals surface area contributed by atoms with E-state index in [0.717, 1.165) is 0 Å². The highest BCUT2D eigenvalue weighted by Crippen LogP contribution is 2.44. The van der Waals surface area contributed by atoms with E-state index in [1.165, 1.54) is 4.90 Å². The van der Waals surface area contributed by atoms with Gasteiger partial charge in [0.1, 0.15) is 0 Å².